The number of benzene rings is 1. The van der Waals surface area contributed by atoms with Gasteiger partial charge in [0, 0.05) is 26.2 Å². The number of hydrogen-bond acceptors (Lipinski definition) is 3. The first-order valence-electron chi connectivity index (χ1n) is 5.96. The maximum atomic E-state index is 12.7. The van der Waals surface area contributed by atoms with Crippen molar-refractivity contribution in [2.24, 2.45) is 0 Å². The smallest absolute Gasteiger partial charge is 0.368 e. The summed E-state index contributed by atoms with van der Waals surface area (Å²) in [5, 5.41) is 9.03. The van der Waals surface area contributed by atoms with Gasteiger partial charge in [-0.05, 0) is 25.2 Å². The minimum Gasteiger partial charge on any atom is -0.368 e. The van der Waals surface area contributed by atoms with E-state index in [1.807, 2.05) is 18.0 Å². The molecule has 0 saturated carbocycles. The highest BCUT2D eigenvalue weighted by molar-refractivity contribution is 5.61. The molecule has 1 aromatic carbocycles. The molecular weight excluding hydrogens is 255 g/mol. The summed E-state index contributed by atoms with van der Waals surface area (Å²) in [4.78, 5) is 3.95. The second kappa shape index (κ2) is 5.10. The molecule has 0 aliphatic carbocycles. The predicted octanol–water partition coefficient (Wildman–Crippen LogP) is 2.33. The third-order valence-corrected chi connectivity index (χ3v) is 3.29. The lowest BCUT2D eigenvalue weighted by Gasteiger charge is -2.34. The number of hydrogen-bond donors (Lipinski definition) is 0. The monoisotopic (exact) mass is 269 g/mol. The summed E-state index contributed by atoms with van der Waals surface area (Å²) >= 11 is 0. The predicted molar refractivity (Wildman–Crippen MR) is 65.9 cm³/mol. The van der Waals surface area contributed by atoms with Gasteiger partial charge in [-0.25, -0.2) is 0 Å². The second-order valence-corrected chi connectivity index (χ2v) is 4.63. The summed E-state index contributed by atoms with van der Waals surface area (Å²) in [7, 11) is 1.97. The Morgan fingerprint density at radius 2 is 1.79 bits per heavy atom. The molecule has 0 atom stereocenters. The molecule has 19 heavy (non-hydrogen) atoms. The number of alkyl halides is 3. The fourth-order valence-corrected chi connectivity index (χ4v) is 2.11. The first kappa shape index (κ1) is 13.7. The molecule has 1 aromatic rings. The average molecular weight is 269 g/mol. The molecule has 102 valence electrons. The van der Waals surface area contributed by atoms with Crippen LogP contribution in [-0.4, -0.2) is 38.1 Å². The lowest BCUT2D eigenvalue weighted by molar-refractivity contribution is -0.137. The number of likely N-dealkylation sites (N-methyl/N-ethyl adjacent to an activating group) is 1. The Hall–Kier alpha value is -1.74. The van der Waals surface area contributed by atoms with Crippen LogP contribution in [0.3, 0.4) is 0 Å². The van der Waals surface area contributed by atoms with Crippen LogP contribution in [0.15, 0.2) is 18.2 Å². The Balaban J connectivity index is 2.35. The minimum absolute atomic E-state index is 0.289. The van der Waals surface area contributed by atoms with Gasteiger partial charge in [-0.2, -0.15) is 18.4 Å². The number of halogens is 3. The van der Waals surface area contributed by atoms with Crippen molar-refractivity contribution in [3.63, 3.8) is 0 Å². The van der Waals surface area contributed by atoms with Crippen molar-refractivity contribution in [2.45, 2.75) is 6.18 Å². The zero-order valence-electron chi connectivity index (χ0n) is 10.5. The Morgan fingerprint density at radius 3 is 2.32 bits per heavy atom. The minimum atomic E-state index is -4.38. The van der Waals surface area contributed by atoms with E-state index in [1.54, 1.807) is 0 Å². The van der Waals surface area contributed by atoms with Gasteiger partial charge >= 0.3 is 6.18 Å². The third kappa shape index (κ3) is 2.99. The van der Waals surface area contributed by atoms with Gasteiger partial charge in [0.05, 0.1) is 16.8 Å². The van der Waals surface area contributed by atoms with E-state index in [4.69, 9.17) is 5.26 Å². The van der Waals surface area contributed by atoms with E-state index in [0.717, 1.165) is 25.2 Å². The molecule has 0 unspecified atom stereocenters. The topological polar surface area (TPSA) is 30.3 Å². The Morgan fingerprint density at radius 1 is 1.16 bits per heavy atom. The van der Waals surface area contributed by atoms with Crippen LogP contribution in [0.4, 0.5) is 18.9 Å². The zero-order valence-corrected chi connectivity index (χ0v) is 10.5. The summed E-state index contributed by atoms with van der Waals surface area (Å²) in [6, 6.07) is 5.24. The van der Waals surface area contributed by atoms with Gasteiger partial charge in [0.15, 0.2) is 0 Å². The summed E-state index contributed by atoms with van der Waals surface area (Å²) < 4.78 is 38.2. The van der Waals surface area contributed by atoms with Gasteiger partial charge < -0.3 is 9.80 Å². The summed E-state index contributed by atoms with van der Waals surface area (Å²) in [6.45, 7) is 2.82. The van der Waals surface area contributed by atoms with Crippen LogP contribution in [-0.2, 0) is 6.18 Å². The van der Waals surface area contributed by atoms with Crippen LogP contribution in [0, 0.1) is 11.3 Å². The van der Waals surface area contributed by atoms with Crippen LogP contribution in [0.1, 0.15) is 11.1 Å². The maximum absolute atomic E-state index is 12.7. The lowest BCUT2D eigenvalue weighted by Crippen LogP contribution is -2.44. The van der Waals surface area contributed by atoms with E-state index in [9.17, 15) is 13.2 Å². The Labute approximate surface area is 109 Å². The molecular formula is C13H14F3N3. The number of anilines is 1. The fraction of sp³-hybridized carbons (Fsp3) is 0.462. The molecule has 0 radical (unpaired) electrons. The van der Waals surface area contributed by atoms with Crippen LogP contribution in [0.25, 0.3) is 0 Å². The SMILES string of the molecule is CN1CCN(c2cc(C(F)(F)F)ccc2C#N)CC1. The van der Waals surface area contributed by atoms with Crippen LogP contribution in [0.5, 0.6) is 0 Å². The van der Waals surface area contributed by atoms with E-state index in [1.165, 1.54) is 6.07 Å². The maximum Gasteiger partial charge on any atom is 0.416 e. The van der Waals surface area contributed by atoms with Gasteiger partial charge in [0.1, 0.15) is 6.07 Å². The second-order valence-electron chi connectivity index (χ2n) is 4.63. The van der Waals surface area contributed by atoms with Crippen molar-refractivity contribution in [3.05, 3.63) is 29.3 Å². The highest BCUT2D eigenvalue weighted by Crippen LogP contribution is 2.33. The molecule has 2 rings (SSSR count). The van der Waals surface area contributed by atoms with Crippen molar-refractivity contribution in [1.29, 1.82) is 5.26 Å². The highest BCUT2D eigenvalue weighted by Gasteiger charge is 2.32. The molecule has 1 fully saturated rings. The van der Waals surface area contributed by atoms with E-state index in [0.29, 0.717) is 18.8 Å². The zero-order chi connectivity index (χ0) is 14.0. The Kier molecular flexibility index (Phi) is 3.67. The van der Waals surface area contributed by atoms with Crippen molar-refractivity contribution in [2.75, 3.05) is 38.1 Å². The molecule has 6 heteroatoms. The Bertz CT molecular complexity index is 497. The van der Waals surface area contributed by atoms with Crippen LogP contribution >= 0.6 is 0 Å². The standard InChI is InChI=1S/C13H14F3N3/c1-18-4-6-19(7-5-18)12-8-11(13(14,15)16)3-2-10(12)9-17/h2-3,8H,4-7H2,1H3. The molecule has 1 heterocycles. The first-order valence-corrected chi connectivity index (χ1v) is 5.96. The normalized spacial score (nSPS) is 17.3. The van der Waals surface area contributed by atoms with E-state index in [-0.39, 0.29) is 5.56 Å². The number of nitriles is 1. The highest BCUT2D eigenvalue weighted by atomic mass is 19.4. The van der Waals surface area contributed by atoms with Crippen molar-refractivity contribution >= 4 is 5.69 Å². The van der Waals surface area contributed by atoms with Crippen LogP contribution < -0.4 is 4.90 Å². The summed E-state index contributed by atoms with van der Waals surface area (Å²) in [5.41, 5.74) is -0.0385. The van der Waals surface area contributed by atoms with Crippen LogP contribution in [0.2, 0.25) is 0 Å². The summed E-state index contributed by atoms with van der Waals surface area (Å²) in [5.74, 6) is 0. The first-order chi connectivity index (χ1) is 8.91. The van der Waals surface area contributed by atoms with E-state index in [2.05, 4.69) is 4.90 Å². The average Bonchev–Trinajstić information content (AvgIpc) is 2.38. The number of nitrogens with zero attached hydrogens (tertiary/aromatic N) is 3. The van der Waals surface area contributed by atoms with E-state index >= 15 is 0 Å². The molecule has 0 bridgehead atoms. The van der Waals surface area contributed by atoms with Gasteiger partial charge in [-0.1, -0.05) is 0 Å². The van der Waals surface area contributed by atoms with Gasteiger partial charge in [-0.15, -0.1) is 0 Å². The molecule has 0 amide bonds. The van der Waals surface area contributed by atoms with Gasteiger partial charge in [-0.3, -0.25) is 0 Å². The molecule has 0 aromatic heterocycles. The van der Waals surface area contributed by atoms with E-state index < -0.39 is 11.7 Å². The molecule has 0 spiro atoms. The van der Waals surface area contributed by atoms with Crippen molar-refractivity contribution < 1.29 is 13.2 Å². The lowest BCUT2D eigenvalue weighted by atomic mass is 10.1. The fourth-order valence-electron chi connectivity index (χ4n) is 2.11. The molecule has 3 nitrogen and oxygen atoms in total. The van der Waals surface area contributed by atoms with Crippen molar-refractivity contribution in [3.8, 4) is 6.07 Å². The number of rotatable bonds is 1. The van der Waals surface area contributed by atoms with Gasteiger partial charge in [0.2, 0.25) is 0 Å². The largest absolute Gasteiger partial charge is 0.416 e. The molecule has 1 aliphatic rings. The number of piperazine rings is 1. The summed E-state index contributed by atoms with van der Waals surface area (Å²) in [6.07, 6.45) is -4.38. The molecule has 1 saturated heterocycles. The van der Waals surface area contributed by atoms with Gasteiger partial charge in [0.25, 0.3) is 0 Å². The quantitative estimate of drug-likeness (QED) is 0.784. The van der Waals surface area contributed by atoms with Crippen molar-refractivity contribution in [1.82, 2.24) is 4.90 Å². The molecule has 0 N–H and O–H groups in total. The third-order valence-electron chi connectivity index (χ3n) is 3.29. The molecule has 1 aliphatic heterocycles.